The minimum atomic E-state index is -0.425. The standard InChI is InChI=1S/C27H27NO6/c1-16-19(22-17(2)23(29)25(32-3)26(33-4)24(22)30)10-11-20(21(16)18-8-6-5-7-9-18)27(31)28-12-14-34-15-13-28/h5-11H,12-15H2,1-4H3. The number of allylic oxidation sites excluding steroid dienone is 2. The van der Waals surface area contributed by atoms with Gasteiger partial charge in [-0.25, -0.2) is 0 Å². The molecule has 0 atom stereocenters. The van der Waals surface area contributed by atoms with Crippen LogP contribution in [0.1, 0.15) is 28.4 Å². The normalized spacial score (nSPS) is 16.8. The number of hydrogen-bond acceptors (Lipinski definition) is 6. The number of carbonyl (C=O) groups is 3. The largest absolute Gasteiger partial charge is 0.489 e. The summed E-state index contributed by atoms with van der Waals surface area (Å²) in [7, 11) is 2.67. The number of morpholine rings is 1. The fraction of sp³-hybridized carbons (Fsp3) is 0.296. The number of carbonyl (C=O) groups excluding carboxylic acids is 3. The predicted octanol–water partition coefficient (Wildman–Crippen LogP) is 3.56. The van der Waals surface area contributed by atoms with Crippen LogP contribution in [0.15, 0.2) is 59.6 Å². The van der Waals surface area contributed by atoms with E-state index in [4.69, 9.17) is 14.2 Å². The van der Waals surface area contributed by atoms with E-state index in [1.54, 1.807) is 24.0 Å². The maximum atomic E-state index is 13.5. The van der Waals surface area contributed by atoms with Crippen LogP contribution in [-0.4, -0.2) is 62.9 Å². The molecule has 1 saturated heterocycles. The number of Topliss-reactive ketones (excluding diaryl/α,β-unsaturated/α-hetero) is 2. The molecule has 0 spiro atoms. The summed E-state index contributed by atoms with van der Waals surface area (Å²) in [5.41, 5.74) is 3.97. The minimum absolute atomic E-state index is 0.0901. The van der Waals surface area contributed by atoms with E-state index >= 15 is 0 Å². The Morgan fingerprint density at radius 2 is 1.50 bits per heavy atom. The van der Waals surface area contributed by atoms with Crippen molar-refractivity contribution in [3.8, 4) is 11.1 Å². The van der Waals surface area contributed by atoms with E-state index in [0.29, 0.717) is 37.4 Å². The number of ketones is 2. The van der Waals surface area contributed by atoms with E-state index in [9.17, 15) is 14.4 Å². The molecule has 34 heavy (non-hydrogen) atoms. The summed E-state index contributed by atoms with van der Waals surface area (Å²) < 4.78 is 15.8. The predicted molar refractivity (Wildman–Crippen MR) is 127 cm³/mol. The lowest BCUT2D eigenvalue weighted by Crippen LogP contribution is -2.41. The number of amides is 1. The van der Waals surface area contributed by atoms with E-state index in [-0.39, 0.29) is 28.6 Å². The van der Waals surface area contributed by atoms with E-state index < -0.39 is 11.6 Å². The summed E-state index contributed by atoms with van der Waals surface area (Å²) >= 11 is 0. The Morgan fingerprint density at radius 3 is 2.12 bits per heavy atom. The third-order valence-electron chi connectivity index (χ3n) is 6.30. The number of rotatable bonds is 5. The molecule has 2 aliphatic rings. The third kappa shape index (κ3) is 3.92. The van der Waals surface area contributed by atoms with Gasteiger partial charge in [-0.15, -0.1) is 0 Å². The fourth-order valence-corrected chi connectivity index (χ4v) is 4.54. The van der Waals surface area contributed by atoms with Crippen LogP contribution < -0.4 is 0 Å². The molecule has 1 fully saturated rings. The van der Waals surface area contributed by atoms with Gasteiger partial charge in [0.25, 0.3) is 5.91 Å². The van der Waals surface area contributed by atoms with Crippen LogP contribution in [0.4, 0.5) is 0 Å². The van der Waals surface area contributed by atoms with Gasteiger partial charge in [0.2, 0.25) is 23.1 Å². The van der Waals surface area contributed by atoms with Gasteiger partial charge in [-0.05, 0) is 42.2 Å². The van der Waals surface area contributed by atoms with Crippen LogP contribution in [0.3, 0.4) is 0 Å². The van der Waals surface area contributed by atoms with Crippen molar-refractivity contribution in [1.29, 1.82) is 0 Å². The number of nitrogens with zero attached hydrogens (tertiary/aromatic N) is 1. The van der Waals surface area contributed by atoms with Crippen LogP contribution in [0.25, 0.3) is 16.7 Å². The Balaban J connectivity index is 1.91. The quantitative estimate of drug-likeness (QED) is 0.634. The van der Waals surface area contributed by atoms with Crippen molar-refractivity contribution >= 4 is 23.0 Å². The summed E-state index contributed by atoms with van der Waals surface area (Å²) in [6, 6.07) is 13.1. The Kier molecular flexibility index (Phi) is 6.65. The highest BCUT2D eigenvalue weighted by molar-refractivity contribution is 6.38. The molecular formula is C27H27NO6. The average Bonchev–Trinajstić information content (AvgIpc) is 2.87. The molecule has 0 N–H and O–H groups in total. The lowest BCUT2D eigenvalue weighted by Gasteiger charge is -2.29. The van der Waals surface area contributed by atoms with E-state index in [1.807, 2.05) is 37.3 Å². The molecule has 0 bridgehead atoms. The SMILES string of the molecule is COC1=C(OC)C(=O)C(c2ccc(C(=O)N3CCOCC3)c(-c3ccccc3)c2C)=C(C)C1=O. The monoisotopic (exact) mass is 461 g/mol. The number of ether oxygens (including phenoxy) is 3. The molecule has 176 valence electrons. The molecule has 0 unspecified atom stereocenters. The molecule has 0 saturated carbocycles. The Labute approximate surface area is 198 Å². The number of hydrogen-bond donors (Lipinski definition) is 0. The van der Waals surface area contributed by atoms with E-state index in [2.05, 4.69) is 0 Å². The molecule has 1 heterocycles. The van der Waals surface area contributed by atoms with Crippen molar-refractivity contribution in [2.45, 2.75) is 13.8 Å². The molecule has 0 aromatic heterocycles. The first-order valence-electron chi connectivity index (χ1n) is 11.1. The topological polar surface area (TPSA) is 82.1 Å². The van der Waals surface area contributed by atoms with Crippen molar-refractivity contribution in [1.82, 2.24) is 4.90 Å². The van der Waals surface area contributed by atoms with Gasteiger partial charge in [0, 0.05) is 29.8 Å². The molecule has 7 heteroatoms. The van der Waals surface area contributed by atoms with Gasteiger partial charge in [-0.3, -0.25) is 14.4 Å². The van der Waals surface area contributed by atoms with Crippen molar-refractivity contribution < 1.29 is 28.6 Å². The van der Waals surface area contributed by atoms with Crippen LogP contribution in [0.2, 0.25) is 0 Å². The van der Waals surface area contributed by atoms with Crippen molar-refractivity contribution in [2.24, 2.45) is 0 Å². The smallest absolute Gasteiger partial charge is 0.254 e. The first-order chi connectivity index (χ1) is 16.4. The highest BCUT2D eigenvalue weighted by Gasteiger charge is 2.36. The zero-order valence-electron chi connectivity index (χ0n) is 19.8. The summed E-state index contributed by atoms with van der Waals surface area (Å²) in [6.07, 6.45) is 0. The summed E-state index contributed by atoms with van der Waals surface area (Å²) in [4.78, 5) is 41.6. The highest BCUT2D eigenvalue weighted by atomic mass is 16.5. The van der Waals surface area contributed by atoms with Gasteiger partial charge in [0.05, 0.1) is 27.4 Å². The first-order valence-corrected chi connectivity index (χ1v) is 11.1. The van der Waals surface area contributed by atoms with Crippen LogP contribution in [0.5, 0.6) is 0 Å². The second kappa shape index (κ2) is 9.65. The second-order valence-corrected chi connectivity index (χ2v) is 8.16. The maximum absolute atomic E-state index is 13.5. The Morgan fingerprint density at radius 1 is 0.882 bits per heavy atom. The number of methoxy groups -OCH3 is 2. The molecular weight excluding hydrogens is 434 g/mol. The maximum Gasteiger partial charge on any atom is 0.254 e. The zero-order chi connectivity index (χ0) is 24.4. The molecule has 0 radical (unpaired) electrons. The van der Waals surface area contributed by atoms with Gasteiger partial charge in [0.15, 0.2) is 0 Å². The molecule has 1 amide bonds. The molecule has 2 aromatic rings. The molecule has 1 aliphatic heterocycles. The first kappa shape index (κ1) is 23.4. The van der Waals surface area contributed by atoms with Crippen LogP contribution in [-0.2, 0) is 23.8 Å². The Bertz CT molecular complexity index is 1220. The van der Waals surface area contributed by atoms with Gasteiger partial charge >= 0.3 is 0 Å². The summed E-state index contributed by atoms with van der Waals surface area (Å²) in [5.74, 6) is -1.14. The average molecular weight is 462 g/mol. The molecule has 1 aliphatic carbocycles. The molecule has 2 aromatic carbocycles. The van der Waals surface area contributed by atoms with Crippen LogP contribution >= 0.6 is 0 Å². The van der Waals surface area contributed by atoms with Crippen molar-refractivity contribution in [3.63, 3.8) is 0 Å². The lowest BCUT2D eigenvalue weighted by atomic mass is 9.82. The summed E-state index contributed by atoms with van der Waals surface area (Å²) in [5, 5.41) is 0. The van der Waals surface area contributed by atoms with Crippen molar-refractivity contribution in [3.05, 3.63) is 76.2 Å². The minimum Gasteiger partial charge on any atom is -0.489 e. The third-order valence-corrected chi connectivity index (χ3v) is 6.30. The van der Waals surface area contributed by atoms with Gasteiger partial charge in [-0.1, -0.05) is 36.4 Å². The fourth-order valence-electron chi connectivity index (χ4n) is 4.54. The molecule has 4 rings (SSSR count). The van der Waals surface area contributed by atoms with Gasteiger partial charge < -0.3 is 19.1 Å². The highest BCUT2D eigenvalue weighted by Crippen LogP contribution is 2.38. The van der Waals surface area contributed by atoms with Crippen LogP contribution in [0, 0.1) is 6.92 Å². The van der Waals surface area contributed by atoms with E-state index in [0.717, 1.165) is 16.7 Å². The Hall–Kier alpha value is -3.71. The van der Waals surface area contributed by atoms with Crippen molar-refractivity contribution in [2.75, 3.05) is 40.5 Å². The number of benzene rings is 2. The lowest BCUT2D eigenvalue weighted by molar-refractivity contribution is -0.119. The second-order valence-electron chi connectivity index (χ2n) is 8.16. The van der Waals surface area contributed by atoms with Gasteiger partial charge in [-0.2, -0.15) is 0 Å². The van der Waals surface area contributed by atoms with Gasteiger partial charge in [0.1, 0.15) is 0 Å². The summed E-state index contributed by atoms with van der Waals surface area (Å²) in [6.45, 7) is 5.52. The zero-order valence-corrected chi connectivity index (χ0v) is 19.8. The molecule has 7 nitrogen and oxygen atoms in total. The van der Waals surface area contributed by atoms with E-state index in [1.165, 1.54) is 14.2 Å².